The topological polar surface area (TPSA) is 67.9 Å². The molecule has 0 aromatic heterocycles. The number of methoxy groups -OCH3 is 1. The van der Waals surface area contributed by atoms with Crippen LogP contribution in [0.4, 0.5) is 0 Å². The third-order valence-corrected chi connectivity index (χ3v) is 6.13. The van der Waals surface area contributed by atoms with Crippen LogP contribution >= 0.6 is 0 Å². The van der Waals surface area contributed by atoms with Crippen LogP contribution < -0.4 is 14.8 Å². The van der Waals surface area contributed by atoms with Crippen LogP contribution in [0.3, 0.4) is 0 Å². The fourth-order valence-electron chi connectivity index (χ4n) is 3.96. The number of ether oxygens (including phenoxy) is 2. The van der Waals surface area contributed by atoms with Gasteiger partial charge < -0.3 is 19.7 Å². The molecule has 0 fully saturated rings. The zero-order valence-electron chi connectivity index (χ0n) is 21.6. The van der Waals surface area contributed by atoms with Crippen molar-refractivity contribution >= 4 is 11.8 Å². The maximum Gasteiger partial charge on any atom is 0.261 e. The van der Waals surface area contributed by atoms with E-state index in [4.69, 9.17) is 9.47 Å². The summed E-state index contributed by atoms with van der Waals surface area (Å²) in [5.41, 5.74) is 3.03. The molecule has 0 aliphatic rings. The van der Waals surface area contributed by atoms with E-state index in [1.165, 1.54) is 0 Å². The summed E-state index contributed by atoms with van der Waals surface area (Å²) in [6.45, 7) is 6.08. The number of aryl methyl sites for hydroxylation is 1. The molecule has 0 heterocycles. The summed E-state index contributed by atoms with van der Waals surface area (Å²) in [5.74, 6) is 0.576. The first-order valence-electron chi connectivity index (χ1n) is 12.4. The first-order chi connectivity index (χ1) is 17.4. The van der Waals surface area contributed by atoms with E-state index in [9.17, 15) is 9.59 Å². The Morgan fingerprint density at radius 3 is 2.25 bits per heavy atom. The van der Waals surface area contributed by atoms with Crippen molar-refractivity contribution in [3.05, 3.63) is 95.6 Å². The van der Waals surface area contributed by atoms with Crippen LogP contribution in [0.5, 0.6) is 11.5 Å². The third kappa shape index (κ3) is 7.60. The number of carbonyl (C=O) groups is 2. The third-order valence-electron chi connectivity index (χ3n) is 6.13. The predicted octanol–water partition coefficient (Wildman–Crippen LogP) is 4.94. The second-order valence-electron chi connectivity index (χ2n) is 8.97. The SMILES string of the molecule is CCC(C)NC(=O)C(Cc1ccccc1)N(Cc1cccc(C)c1)C(=O)COc1ccccc1OC. The minimum absolute atomic E-state index is 0.00322. The van der Waals surface area contributed by atoms with Gasteiger partial charge in [0.05, 0.1) is 7.11 Å². The predicted molar refractivity (Wildman–Crippen MR) is 142 cm³/mol. The zero-order valence-corrected chi connectivity index (χ0v) is 21.6. The van der Waals surface area contributed by atoms with Crippen molar-refractivity contribution in [2.45, 2.75) is 52.2 Å². The van der Waals surface area contributed by atoms with Crippen molar-refractivity contribution in [1.29, 1.82) is 0 Å². The highest BCUT2D eigenvalue weighted by molar-refractivity contribution is 5.88. The Kier molecular flexibility index (Phi) is 9.92. The monoisotopic (exact) mass is 488 g/mol. The molecular weight excluding hydrogens is 452 g/mol. The van der Waals surface area contributed by atoms with E-state index in [-0.39, 0.29) is 24.5 Å². The van der Waals surface area contributed by atoms with Gasteiger partial charge in [-0.2, -0.15) is 0 Å². The van der Waals surface area contributed by atoms with E-state index in [0.29, 0.717) is 24.5 Å². The molecule has 1 N–H and O–H groups in total. The van der Waals surface area contributed by atoms with Crippen LogP contribution in [0.1, 0.15) is 37.0 Å². The van der Waals surface area contributed by atoms with Crippen molar-refractivity contribution in [2.24, 2.45) is 0 Å². The summed E-state index contributed by atoms with van der Waals surface area (Å²) >= 11 is 0. The smallest absolute Gasteiger partial charge is 0.261 e. The van der Waals surface area contributed by atoms with Crippen LogP contribution in [-0.4, -0.2) is 42.5 Å². The second-order valence-corrected chi connectivity index (χ2v) is 8.97. The maximum atomic E-state index is 13.7. The highest BCUT2D eigenvalue weighted by Gasteiger charge is 2.31. The van der Waals surface area contributed by atoms with Crippen LogP contribution in [0.2, 0.25) is 0 Å². The van der Waals surface area contributed by atoms with Crippen LogP contribution in [0.25, 0.3) is 0 Å². The highest BCUT2D eigenvalue weighted by atomic mass is 16.5. The molecule has 0 saturated heterocycles. The minimum Gasteiger partial charge on any atom is -0.493 e. The molecule has 6 heteroatoms. The molecule has 190 valence electrons. The normalized spacial score (nSPS) is 12.3. The molecule has 0 aliphatic heterocycles. The number of carbonyl (C=O) groups excluding carboxylic acids is 2. The number of hydrogen-bond acceptors (Lipinski definition) is 4. The van der Waals surface area contributed by atoms with E-state index in [1.807, 2.05) is 87.5 Å². The van der Waals surface area contributed by atoms with Crippen LogP contribution in [-0.2, 0) is 22.6 Å². The summed E-state index contributed by atoms with van der Waals surface area (Å²) in [7, 11) is 1.56. The maximum absolute atomic E-state index is 13.7. The van der Waals surface area contributed by atoms with Gasteiger partial charge in [0.15, 0.2) is 18.1 Å². The van der Waals surface area contributed by atoms with Crippen molar-refractivity contribution in [2.75, 3.05) is 13.7 Å². The average Bonchev–Trinajstić information content (AvgIpc) is 2.89. The van der Waals surface area contributed by atoms with E-state index < -0.39 is 6.04 Å². The van der Waals surface area contributed by atoms with Gasteiger partial charge in [-0.25, -0.2) is 0 Å². The van der Waals surface area contributed by atoms with E-state index in [1.54, 1.807) is 24.1 Å². The number of para-hydroxylation sites is 2. The summed E-state index contributed by atoms with van der Waals surface area (Å²) in [6, 6.07) is 24.3. The largest absolute Gasteiger partial charge is 0.493 e. The minimum atomic E-state index is -0.698. The van der Waals surface area contributed by atoms with E-state index in [2.05, 4.69) is 5.32 Å². The molecule has 6 nitrogen and oxygen atoms in total. The molecule has 3 rings (SSSR count). The Morgan fingerprint density at radius 1 is 0.917 bits per heavy atom. The lowest BCUT2D eigenvalue weighted by molar-refractivity contribution is -0.143. The zero-order chi connectivity index (χ0) is 25.9. The quantitative estimate of drug-likeness (QED) is 0.392. The lowest BCUT2D eigenvalue weighted by atomic mass is 10.0. The van der Waals surface area contributed by atoms with E-state index >= 15 is 0 Å². The molecule has 2 amide bonds. The summed E-state index contributed by atoms with van der Waals surface area (Å²) < 4.78 is 11.2. The van der Waals surface area contributed by atoms with Gasteiger partial charge in [-0.05, 0) is 43.5 Å². The molecule has 0 saturated carbocycles. The fourth-order valence-corrected chi connectivity index (χ4v) is 3.96. The van der Waals surface area contributed by atoms with Crippen molar-refractivity contribution in [1.82, 2.24) is 10.2 Å². The molecule has 3 aromatic rings. The molecule has 3 aromatic carbocycles. The lowest BCUT2D eigenvalue weighted by Crippen LogP contribution is -2.53. The summed E-state index contributed by atoms with van der Waals surface area (Å²) in [4.78, 5) is 28.8. The molecule has 0 bridgehead atoms. The number of hydrogen-bond donors (Lipinski definition) is 1. The van der Waals surface area contributed by atoms with Gasteiger partial charge in [-0.15, -0.1) is 0 Å². The number of rotatable bonds is 12. The molecule has 0 aliphatic carbocycles. The Bertz CT molecular complexity index is 1130. The molecule has 0 spiro atoms. The molecule has 2 unspecified atom stereocenters. The highest BCUT2D eigenvalue weighted by Crippen LogP contribution is 2.26. The summed E-state index contributed by atoms with van der Waals surface area (Å²) in [5, 5.41) is 3.08. The standard InChI is InChI=1S/C30H36N2O4/c1-5-23(3)31-30(34)26(19-24-13-7-6-8-14-24)32(20-25-15-11-12-22(2)18-25)29(33)21-36-28-17-10-9-16-27(28)35-4/h6-18,23,26H,5,19-21H2,1-4H3,(H,31,34). The van der Waals surface area contributed by atoms with Gasteiger partial charge >= 0.3 is 0 Å². The summed E-state index contributed by atoms with van der Waals surface area (Å²) in [6.07, 6.45) is 1.20. The Hall–Kier alpha value is -3.80. The molecule has 0 radical (unpaired) electrons. The van der Waals surface area contributed by atoms with Gasteiger partial charge in [0.2, 0.25) is 5.91 Å². The number of nitrogens with zero attached hydrogens (tertiary/aromatic N) is 1. The van der Waals surface area contributed by atoms with Crippen LogP contribution in [0.15, 0.2) is 78.9 Å². The van der Waals surface area contributed by atoms with Gasteiger partial charge in [0.1, 0.15) is 6.04 Å². The van der Waals surface area contributed by atoms with Gasteiger partial charge in [0.25, 0.3) is 5.91 Å². The molecule has 36 heavy (non-hydrogen) atoms. The number of amides is 2. The van der Waals surface area contributed by atoms with Crippen molar-refractivity contribution in [3.8, 4) is 11.5 Å². The van der Waals surface area contributed by atoms with Crippen molar-refractivity contribution < 1.29 is 19.1 Å². The van der Waals surface area contributed by atoms with Crippen LogP contribution in [0, 0.1) is 6.92 Å². The first kappa shape index (κ1) is 26.8. The lowest BCUT2D eigenvalue weighted by Gasteiger charge is -2.32. The Labute approximate surface area is 214 Å². The Balaban J connectivity index is 1.93. The van der Waals surface area contributed by atoms with E-state index in [0.717, 1.165) is 23.1 Å². The van der Waals surface area contributed by atoms with Gasteiger partial charge in [0, 0.05) is 19.0 Å². The number of benzene rings is 3. The number of nitrogens with one attached hydrogen (secondary N) is 1. The molecular formula is C30H36N2O4. The second kappa shape index (κ2) is 13.3. The fraction of sp³-hybridized carbons (Fsp3) is 0.333. The van der Waals surface area contributed by atoms with Gasteiger partial charge in [-0.3, -0.25) is 9.59 Å². The average molecular weight is 489 g/mol. The first-order valence-corrected chi connectivity index (χ1v) is 12.4. The Morgan fingerprint density at radius 2 is 1.58 bits per heavy atom. The van der Waals surface area contributed by atoms with Gasteiger partial charge in [-0.1, -0.05) is 79.2 Å². The molecule has 2 atom stereocenters. The van der Waals surface area contributed by atoms with Crippen molar-refractivity contribution in [3.63, 3.8) is 0 Å².